The number of carbonyl (C=O) groups is 1. The van der Waals surface area contributed by atoms with Crippen LogP contribution in [0.3, 0.4) is 0 Å². The molecule has 4 nitrogen and oxygen atoms in total. The maximum absolute atomic E-state index is 12.8. The summed E-state index contributed by atoms with van der Waals surface area (Å²) in [5.74, 6) is 1.26. The van der Waals surface area contributed by atoms with Crippen LogP contribution in [0.4, 0.5) is 5.69 Å². The lowest BCUT2D eigenvalue weighted by Gasteiger charge is -2.30. The van der Waals surface area contributed by atoms with E-state index in [9.17, 15) is 4.79 Å². The largest absolute Gasteiger partial charge is 0.490 e. The zero-order valence-electron chi connectivity index (χ0n) is 14.2. The van der Waals surface area contributed by atoms with Crippen molar-refractivity contribution in [1.29, 1.82) is 0 Å². The molecule has 2 aromatic carbocycles. The van der Waals surface area contributed by atoms with E-state index in [1.54, 1.807) is 24.2 Å². The van der Waals surface area contributed by atoms with Gasteiger partial charge in [-0.15, -0.1) is 11.8 Å². The monoisotopic (exact) mass is 362 g/mol. The number of aromatic nitrogens is 1. The van der Waals surface area contributed by atoms with Gasteiger partial charge in [-0.3, -0.25) is 9.78 Å². The number of hydrogen-bond donors (Lipinski definition) is 0. The Morgan fingerprint density at radius 2 is 1.85 bits per heavy atom. The van der Waals surface area contributed by atoms with Crippen LogP contribution in [0.5, 0.6) is 5.75 Å². The van der Waals surface area contributed by atoms with Crippen molar-refractivity contribution in [2.75, 3.05) is 23.8 Å². The zero-order valence-corrected chi connectivity index (χ0v) is 15.0. The Balaban J connectivity index is 1.56. The molecule has 26 heavy (non-hydrogen) atoms. The molecule has 1 aliphatic heterocycles. The topological polar surface area (TPSA) is 42.4 Å². The van der Waals surface area contributed by atoms with E-state index >= 15 is 0 Å². The van der Waals surface area contributed by atoms with Gasteiger partial charge < -0.3 is 9.64 Å². The summed E-state index contributed by atoms with van der Waals surface area (Å²) in [5.41, 5.74) is 2.95. The minimum atomic E-state index is 0.0929. The van der Waals surface area contributed by atoms with Gasteiger partial charge in [-0.05, 0) is 47.5 Å². The molecular weight excluding hydrogens is 344 g/mol. The summed E-state index contributed by atoms with van der Waals surface area (Å²) in [6.45, 7) is 1.09. The fourth-order valence-corrected chi connectivity index (χ4v) is 3.74. The number of ether oxygens (including phenoxy) is 1. The molecule has 130 valence electrons. The van der Waals surface area contributed by atoms with E-state index in [-0.39, 0.29) is 5.91 Å². The van der Waals surface area contributed by atoms with Crippen LogP contribution in [0, 0.1) is 0 Å². The number of fused-ring (bicyclic) bond motifs is 1. The summed E-state index contributed by atoms with van der Waals surface area (Å²) in [4.78, 5) is 19.8. The maximum Gasteiger partial charge on any atom is 0.237 e. The van der Waals surface area contributed by atoms with E-state index in [4.69, 9.17) is 4.74 Å². The molecule has 0 saturated heterocycles. The van der Waals surface area contributed by atoms with Crippen molar-refractivity contribution >= 4 is 23.4 Å². The number of hydrogen-bond acceptors (Lipinski definition) is 4. The quantitative estimate of drug-likeness (QED) is 0.650. The van der Waals surface area contributed by atoms with Gasteiger partial charge in [0.25, 0.3) is 0 Å². The van der Waals surface area contributed by atoms with Gasteiger partial charge in [-0.25, -0.2) is 0 Å². The lowest BCUT2D eigenvalue weighted by atomic mass is 10.1. The van der Waals surface area contributed by atoms with Crippen LogP contribution in [0.1, 0.15) is 0 Å². The molecule has 2 heterocycles. The molecule has 0 N–H and O–H groups in total. The smallest absolute Gasteiger partial charge is 0.237 e. The highest BCUT2D eigenvalue weighted by atomic mass is 32.2. The van der Waals surface area contributed by atoms with Crippen LogP contribution < -0.4 is 9.64 Å². The van der Waals surface area contributed by atoms with Crippen molar-refractivity contribution in [3.8, 4) is 16.9 Å². The van der Waals surface area contributed by atoms with Crippen molar-refractivity contribution in [2.24, 2.45) is 0 Å². The molecular formula is C21H18N2O2S. The van der Waals surface area contributed by atoms with Crippen LogP contribution in [-0.4, -0.2) is 29.8 Å². The number of rotatable bonds is 4. The van der Waals surface area contributed by atoms with Crippen LogP contribution in [0.25, 0.3) is 11.1 Å². The van der Waals surface area contributed by atoms with Gasteiger partial charge in [0, 0.05) is 17.3 Å². The predicted octanol–water partition coefficient (Wildman–Crippen LogP) is 4.27. The third kappa shape index (κ3) is 3.58. The second kappa shape index (κ2) is 7.62. The lowest BCUT2D eigenvalue weighted by Crippen LogP contribution is -2.39. The number of benzene rings is 2. The van der Waals surface area contributed by atoms with E-state index in [1.165, 1.54) is 0 Å². The number of anilines is 1. The van der Waals surface area contributed by atoms with Gasteiger partial charge in [0.2, 0.25) is 5.91 Å². The van der Waals surface area contributed by atoms with Gasteiger partial charge in [0.1, 0.15) is 12.4 Å². The SMILES string of the molecule is O=C(CSc1ccccc1)N1CCOc2ccc(-c3ccncc3)cc21. The number of thioether (sulfide) groups is 1. The standard InChI is InChI=1S/C21H18N2O2S/c24-21(15-26-18-4-2-1-3-5-18)23-12-13-25-20-7-6-17(14-19(20)23)16-8-10-22-11-9-16/h1-11,14H,12-13,15H2. The Kier molecular flexibility index (Phi) is 4.88. The maximum atomic E-state index is 12.8. The highest BCUT2D eigenvalue weighted by molar-refractivity contribution is 8.00. The number of carbonyl (C=O) groups excluding carboxylic acids is 1. The third-order valence-electron chi connectivity index (χ3n) is 4.24. The van der Waals surface area contributed by atoms with E-state index < -0.39 is 0 Å². The first-order valence-corrected chi connectivity index (χ1v) is 9.45. The van der Waals surface area contributed by atoms with Gasteiger partial charge in [-0.1, -0.05) is 24.3 Å². The van der Waals surface area contributed by atoms with Gasteiger partial charge in [0.05, 0.1) is 18.0 Å². The minimum absolute atomic E-state index is 0.0929. The van der Waals surface area contributed by atoms with Crippen molar-refractivity contribution in [2.45, 2.75) is 4.90 Å². The van der Waals surface area contributed by atoms with Gasteiger partial charge >= 0.3 is 0 Å². The van der Waals surface area contributed by atoms with Crippen LogP contribution >= 0.6 is 11.8 Å². The number of pyridine rings is 1. The molecule has 1 aliphatic rings. The molecule has 0 atom stereocenters. The van der Waals surface area contributed by atoms with E-state index in [0.29, 0.717) is 18.9 Å². The minimum Gasteiger partial charge on any atom is -0.490 e. The first-order chi connectivity index (χ1) is 12.8. The summed E-state index contributed by atoms with van der Waals surface area (Å²) in [6, 6.07) is 19.9. The first kappa shape index (κ1) is 16.7. The normalized spacial score (nSPS) is 13.0. The second-order valence-corrected chi connectivity index (χ2v) is 6.96. The van der Waals surface area contributed by atoms with Crippen LogP contribution in [-0.2, 0) is 4.79 Å². The average Bonchev–Trinajstić information content (AvgIpc) is 2.72. The fraction of sp³-hybridized carbons (Fsp3) is 0.143. The molecule has 0 unspecified atom stereocenters. The molecule has 0 aliphatic carbocycles. The summed E-state index contributed by atoms with van der Waals surface area (Å²) in [5, 5.41) is 0. The molecule has 1 aromatic heterocycles. The first-order valence-electron chi connectivity index (χ1n) is 8.47. The molecule has 0 spiro atoms. The highest BCUT2D eigenvalue weighted by Gasteiger charge is 2.24. The van der Waals surface area contributed by atoms with Crippen LogP contribution in [0.2, 0.25) is 0 Å². The molecule has 4 rings (SSSR count). The fourth-order valence-electron chi connectivity index (χ4n) is 2.94. The van der Waals surface area contributed by atoms with Crippen molar-refractivity contribution in [3.63, 3.8) is 0 Å². The van der Waals surface area contributed by atoms with E-state index in [0.717, 1.165) is 27.5 Å². The molecule has 0 saturated carbocycles. The molecule has 5 heteroatoms. The van der Waals surface area contributed by atoms with E-state index in [2.05, 4.69) is 4.98 Å². The second-order valence-electron chi connectivity index (χ2n) is 5.91. The Labute approximate surface area is 156 Å². The highest BCUT2D eigenvalue weighted by Crippen LogP contribution is 2.36. The van der Waals surface area contributed by atoms with Crippen molar-refractivity contribution < 1.29 is 9.53 Å². The Bertz CT molecular complexity index is 900. The van der Waals surface area contributed by atoms with Crippen LogP contribution in [0.15, 0.2) is 78.0 Å². The molecule has 0 fully saturated rings. The molecule has 1 amide bonds. The Morgan fingerprint density at radius 1 is 1.04 bits per heavy atom. The summed E-state index contributed by atoms with van der Waals surface area (Å²) in [6.07, 6.45) is 3.54. The molecule has 0 radical (unpaired) electrons. The number of nitrogens with zero attached hydrogens (tertiary/aromatic N) is 2. The summed E-state index contributed by atoms with van der Waals surface area (Å²) >= 11 is 1.56. The van der Waals surface area contributed by atoms with Gasteiger partial charge in [-0.2, -0.15) is 0 Å². The Morgan fingerprint density at radius 3 is 2.65 bits per heavy atom. The zero-order chi connectivity index (χ0) is 17.8. The third-order valence-corrected chi connectivity index (χ3v) is 5.24. The summed E-state index contributed by atoms with van der Waals surface area (Å²) in [7, 11) is 0. The predicted molar refractivity (Wildman–Crippen MR) is 105 cm³/mol. The average molecular weight is 362 g/mol. The lowest BCUT2D eigenvalue weighted by molar-refractivity contribution is -0.116. The van der Waals surface area contributed by atoms with Crippen molar-refractivity contribution in [1.82, 2.24) is 4.98 Å². The molecule has 0 bridgehead atoms. The Hall–Kier alpha value is -2.79. The molecule has 3 aromatic rings. The van der Waals surface area contributed by atoms with Gasteiger partial charge in [0.15, 0.2) is 0 Å². The van der Waals surface area contributed by atoms with E-state index in [1.807, 2.05) is 65.6 Å². The summed E-state index contributed by atoms with van der Waals surface area (Å²) < 4.78 is 5.74. The van der Waals surface area contributed by atoms with Crippen molar-refractivity contribution in [3.05, 3.63) is 73.1 Å². The number of amides is 1.